The van der Waals surface area contributed by atoms with Gasteiger partial charge in [0, 0.05) is 13.0 Å². The first-order valence-electron chi connectivity index (χ1n) is 12.9. The lowest BCUT2D eigenvalue weighted by Gasteiger charge is -2.22. The van der Waals surface area contributed by atoms with Crippen LogP contribution in [0.2, 0.25) is 0 Å². The Morgan fingerprint density at radius 1 is 0.895 bits per heavy atom. The summed E-state index contributed by atoms with van der Waals surface area (Å²) in [5.41, 5.74) is 6.78. The van der Waals surface area contributed by atoms with Gasteiger partial charge in [-0.15, -0.1) is 0 Å². The summed E-state index contributed by atoms with van der Waals surface area (Å²) in [7, 11) is 3.03. The Labute approximate surface area is 226 Å². The minimum absolute atomic E-state index is 0.106. The molecule has 0 aliphatic carbocycles. The van der Waals surface area contributed by atoms with E-state index in [0.717, 1.165) is 5.56 Å². The number of amides is 1. The summed E-state index contributed by atoms with van der Waals surface area (Å²) in [6.45, 7) is 7.48. The number of nitrogens with two attached hydrogens (primary N) is 1. The van der Waals surface area contributed by atoms with E-state index in [1.165, 1.54) is 19.7 Å². The van der Waals surface area contributed by atoms with Crippen LogP contribution in [0, 0.1) is 23.7 Å². The van der Waals surface area contributed by atoms with Gasteiger partial charge in [0.1, 0.15) is 0 Å². The van der Waals surface area contributed by atoms with Crippen LogP contribution in [0.4, 0.5) is 0 Å². The van der Waals surface area contributed by atoms with E-state index in [-0.39, 0.29) is 41.5 Å². The maximum Gasteiger partial charge on any atom is 0.317 e. The molecule has 38 heavy (non-hydrogen) atoms. The zero-order valence-corrected chi connectivity index (χ0v) is 23.2. The van der Waals surface area contributed by atoms with E-state index in [1.54, 1.807) is 13.8 Å². The summed E-state index contributed by atoms with van der Waals surface area (Å²) in [4.78, 5) is 45.7. The zero-order chi connectivity index (χ0) is 28.8. The number of carboxylic acids is 1. The van der Waals surface area contributed by atoms with Crippen LogP contribution < -0.4 is 11.1 Å². The molecule has 208 valence electrons. The zero-order valence-electron chi connectivity index (χ0n) is 23.2. The molecule has 0 saturated carbocycles. The van der Waals surface area contributed by atoms with Gasteiger partial charge in [-0.05, 0) is 42.9 Å². The van der Waals surface area contributed by atoms with Gasteiger partial charge in [0.2, 0.25) is 5.91 Å². The molecule has 4 N–H and O–H groups in total. The number of benzene rings is 2. The third-order valence-electron chi connectivity index (χ3n) is 7.01. The van der Waals surface area contributed by atoms with Gasteiger partial charge in [-0.25, -0.2) is 0 Å². The quantitative estimate of drug-likeness (QED) is 0.326. The lowest BCUT2D eigenvalue weighted by molar-refractivity contribution is -0.153. The lowest BCUT2D eigenvalue weighted by atomic mass is 9.83. The molecule has 1 aliphatic heterocycles. The largest absolute Gasteiger partial charge is 0.481 e. The monoisotopic (exact) mass is 526 g/mol. The number of carboxylic acid groups (broad SMARTS) is 1. The molecule has 8 heteroatoms. The average molecular weight is 527 g/mol. The predicted molar refractivity (Wildman–Crippen MR) is 147 cm³/mol. The van der Waals surface area contributed by atoms with Gasteiger partial charge in [-0.2, -0.15) is 0 Å². The molecule has 0 radical (unpaired) electrons. The number of cyclic esters (lactones) is 2. The summed E-state index contributed by atoms with van der Waals surface area (Å²) >= 11 is 0. The van der Waals surface area contributed by atoms with E-state index in [0.29, 0.717) is 12.8 Å². The minimum atomic E-state index is -0.918. The lowest BCUT2D eigenvalue weighted by Crippen LogP contribution is -2.35. The van der Waals surface area contributed by atoms with Gasteiger partial charge in [-0.3, -0.25) is 19.2 Å². The van der Waals surface area contributed by atoms with E-state index in [2.05, 4.69) is 22.7 Å². The van der Waals surface area contributed by atoms with E-state index < -0.39 is 17.8 Å². The number of carbonyl (C=O) groups is 4. The molecule has 1 aliphatic rings. The van der Waals surface area contributed by atoms with Crippen LogP contribution in [0.15, 0.2) is 60.7 Å². The smallest absolute Gasteiger partial charge is 0.317 e. The number of hydrogen-bond donors (Lipinski definition) is 3. The molecule has 0 spiro atoms. The summed E-state index contributed by atoms with van der Waals surface area (Å²) < 4.78 is 4.64. The van der Waals surface area contributed by atoms with Crippen molar-refractivity contribution in [2.45, 2.75) is 52.4 Å². The van der Waals surface area contributed by atoms with Crippen molar-refractivity contribution in [1.29, 1.82) is 0 Å². The summed E-state index contributed by atoms with van der Waals surface area (Å²) in [6, 6.07) is 19.8. The van der Waals surface area contributed by atoms with Crippen LogP contribution >= 0.6 is 0 Å². The van der Waals surface area contributed by atoms with Crippen molar-refractivity contribution in [2.75, 3.05) is 14.1 Å². The molecule has 6 unspecified atom stereocenters. The molecule has 8 nitrogen and oxygen atoms in total. The normalized spacial score (nSPS) is 19.3. The number of rotatable bonds is 9. The molecule has 1 heterocycles. The van der Waals surface area contributed by atoms with Crippen LogP contribution in [0.1, 0.15) is 63.5 Å². The van der Waals surface area contributed by atoms with E-state index in [4.69, 9.17) is 0 Å². The van der Waals surface area contributed by atoms with Crippen LogP contribution in [0.25, 0.3) is 0 Å². The molecule has 1 fully saturated rings. The second-order valence-corrected chi connectivity index (χ2v) is 9.58. The van der Waals surface area contributed by atoms with Crippen LogP contribution in [0.5, 0.6) is 0 Å². The van der Waals surface area contributed by atoms with Crippen molar-refractivity contribution in [3.63, 3.8) is 0 Å². The maximum absolute atomic E-state index is 11.6. The highest BCUT2D eigenvalue weighted by Gasteiger charge is 2.41. The van der Waals surface area contributed by atoms with Gasteiger partial charge in [-0.1, -0.05) is 88.4 Å². The van der Waals surface area contributed by atoms with Gasteiger partial charge in [0.05, 0.1) is 17.8 Å². The van der Waals surface area contributed by atoms with E-state index >= 15 is 0 Å². The molecular weight excluding hydrogens is 484 g/mol. The average Bonchev–Trinajstić information content (AvgIpc) is 3.18. The third-order valence-corrected chi connectivity index (χ3v) is 7.01. The van der Waals surface area contributed by atoms with Crippen molar-refractivity contribution >= 4 is 23.8 Å². The fourth-order valence-electron chi connectivity index (χ4n) is 4.46. The molecule has 2 aromatic rings. The first kappa shape index (κ1) is 32.5. The number of ether oxygens (including phenoxy) is 1. The highest BCUT2D eigenvalue weighted by atomic mass is 16.6. The van der Waals surface area contributed by atoms with Gasteiger partial charge >= 0.3 is 17.9 Å². The van der Waals surface area contributed by atoms with E-state index in [9.17, 15) is 24.3 Å². The second-order valence-electron chi connectivity index (χ2n) is 9.58. The molecule has 0 bridgehead atoms. The Kier molecular flexibility index (Phi) is 14.0. The summed E-state index contributed by atoms with van der Waals surface area (Å²) in [6.07, 6.45) is 1.11. The Hall–Kier alpha value is -3.52. The molecule has 2 aromatic carbocycles. The summed E-state index contributed by atoms with van der Waals surface area (Å²) in [5.74, 6) is -3.36. The van der Waals surface area contributed by atoms with Crippen LogP contribution in [-0.2, 0) is 23.9 Å². The van der Waals surface area contributed by atoms with Gasteiger partial charge < -0.3 is 20.9 Å². The number of nitrogens with one attached hydrogen (secondary N) is 1. The standard InChI is InChI=1S/C15H21NO3.C14H16O3.CH5N/c1-10(12-7-5-4-6-8-12)9-13(15(18)19)11(2)14(17)16-3;1-9(11-6-4-3-5-7-11)8-12-10(2)13(15)17-14(12)16;1-2/h4-8,10-11,13H,9H2,1-3H3,(H,16,17)(H,18,19);3-7,9-10,12H,8H2,1-2H3;2H2,1H3. The SMILES string of the molecule is CC(CC1C(=O)OC(=O)C1C)c1ccccc1.CN.CNC(=O)C(C)C(CC(C)c1ccccc1)C(=O)O. The number of esters is 2. The topological polar surface area (TPSA) is 136 Å². The molecule has 6 atom stereocenters. The number of aliphatic carboxylic acids is 1. The Morgan fingerprint density at radius 2 is 1.37 bits per heavy atom. The van der Waals surface area contributed by atoms with Crippen molar-refractivity contribution in [2.24, 2.45) is 29.4 Å². The second kappa shape index (κ2) is 16.3. The first-order valence-corrected chi connectivity index (χ1v) is 12.9. The van der Waals surface area contributed by atoms with Crippen molar-refractivity contribution in [3.05, 3.63) is 71.8 Å². The highest BCUT2D eigenvalue weighted by molar-refractivity contribution is 5.96. The maximum atomic E-state index is 11.6. The molecule has 1 amide bonds. The number of carbonyl (C=O) groups excluding carboxylic acids is 3. The fourth-order valence-corrected chi connectivity index (χ4v) is 4.46. The van der Waals surface area contributed by atoms with Gasteiger partial charge in [0.25, 0.3) is 0 Å². The third kappa shape index (κ3) is 9.41. The Morgan fingerprint density at radius 3 is 1.76 bits per heavy atom. The molecule has 0 aromatic heterocycles. The minimum Gasteiger partial charge on any atom is -0.481 e. The fraction of sp³-hybridized carbons (Fsp3) is 0.467. The molecule has 3 rings (SSSR count). The van der Waals surface area contributed by atoms with E-state index in [1.807, 2.05) is 67.6 Å². The number of hydrogen-bond acceptors (Lipinski definition) is 6. The van der Waals surface area contributed by atoms with Crippen molar-refractivity contribution in [1.82, 2.24) is 5.32 Å². The molecule has 1 saturated heterocycles. The predicted octanol–water partition coefficient (Wildman–Crippen LogP) is 4.35. The molecular formula is C30H42N2O6. The summed E-state index contributed by atoms with van der Waals surface area (Å²) in [5, 5.41) is 11.8. The van der Waals surface area contributed by atoms with Crippen molar-refractivity contribution in [3.8, 4) is 0 Å². The Balaban J connectivity index is 0.000000358. The van der Waals surface area contributed by atoms with Crippen LogP contribution in [-0.4, -0.2) is 43.0 Å². The highest BCUT2D eigenvalue weighted by Crippen LogP contribution is 2.33. The van der Waals surface area contributed by atoms with Gasteiger partial charge in [0.15, 0.2) is 0 Å². The van der Waals surface area contributed by atoms with Crippen LogP contribution in [0.3, 0.4) is 0 Å². The van der Waals surface area contributed by atoms with Crippen molar-refractivity contribution < 1.29 is 29.0 Å². The first-order chi connectivity index (χ1) is 18.1. The Bertz CT molecular complexity index is 1030.